The van der Waals surface area contributed by atoms with E-state index in [2.05, 4.69) is 12.1 Å². The van der Waals surface area contributed by atoms with E-state index in [1.165, 1.54) is 12.3 Å². The molecule has 1 aliphatic heterocycles. The van der Waals surface area contributed by atoms with Crippen molar-refractivity contribution in [3.8, 4) is 11.1 Å². The molecule has 0 radical (unpaired) electrons. The molecule has 2 aromatic carbocycles. The van der Waals surface area contributed by atoms with Crippen molar-refractivity contribution >= 4 is 12.0 Å². The standard InChI is InChI=1S/C25H29FO4/c1-16-12-17(2)21(22(13-16)19-6-7-23(26)18(3)14-19)9-10-28-24(27)15-20-8-11-29-25(4,5)30-20/h6-7,9-10,12-14,20H,8,11,15H2,1-5H3/t20-/m1/s1. The lowest BCUT2D eigenvalue weighted by atomic mass is 9.93. The minimum atomic E-state index is -0.680. The monoisotopic (exact) mass is 412 g/mol. The van der Waals surface area contributed by atoms with Crippen LogP contribution < -0.4 is 0 Å². The molecule has 1 atom stereocenters. The molecule has 4 nitrogen and oxygen atoms in total. The summed E-state index contributed by atoms with van der Waals surface area (Å²) in [4.78, 5) is 12.3. The van der Waals surface area contributed by atoms with Crippen LogP contribution in [0.1, 0.15) is 48.9 Å². The number of esters is 1. The number of hydrogen-bond donors (Lipinski definition) is 0. The predicted octanol–water partition coefficient (Wildman–Crippen LogP) is 5.86. The molecule has 0 bridgehead atoms. The zero-order valence-corrected chi connectivity index (χ0v) is 18.3. The molecule has 1 fully saturated rings. The Morgan fingerprint density at radius 2 is 1.97 bits per heavy atom. The molecule has 1 heterocycles. The fraction of sp³-hybridized carbons (Fsp3) is 0.400. The maximum Gasteiger partial charge on any atom is 0.313 e. The van der Waals surface area contributed by atoms with Crippen LogP contribution >= 0.6 is 0 Å². The molecule has 0 spiro atoms. The summed E-state index contributed by atoms with van der Waals surface area (Å²) < 4.78 is 30.3. The number of benzene rings is 2. The van der Waals surface area contributed by atoms with E-state index >= 15 is 0 Å². The SMILES string of the molecule is Cc1cc(C)c(C=COC(=O)C[C@H]2CCOC(C)(C)O2)c(-c2ccc(F)c(C)c2)c1. The second kappa shape index (κ2) is 9.11. The van der Waals surface area contributed by atoms with E-state index in [-0.39, 0.29) is 24.3 Å². The Morgan fingerprint density at radius 3 is 2.67 bits per heavy atom. The fourth-order valence-electron chi connectivity index (χ4n) is 3.74. The molecule has 3 rings (SSSR count). The summed E-state index contributed by atoms with van der Waals surface area (Å²) in [5.74, 6) is -1.26. The average Bonchev–Trinajstić information content (AvgIpc) is 2.64. The zero-order chi connectivity index (χ0) is 21.9. The molecule has 5 heteroatoms. The van der Waals surface area contributed by atoms with Gasteiger partial charge in [-0.15, -0.1) is 0 Å². The van der Waals surface area contributed by atoms with Crippen molar-refractivity contribution < 1.29 is 23.4 Å². The van der Waals surface area contributed by atoms with Gasteiger partial charge < -0.3 is 14.2 Å². The van der Waals surface area contributed by atoms with E-state index in [0.29, 0.717) is 18.6 Å². The first-order chi connectivity index (χ1) is 14.1. The van der Waals surface area contributed by atoms with Crippen molar-refractivity contribution in [3.05, 3.63) is 64.7 Å². The van der Waals surface area contributed by atoms with Crippen molar-refractivity contribution in [1.82, 2.24) is 0 Å². The molecule has 0 unspecified atom stereocenters. The Hall–Kier alpha value is -2.50. The molecule has 30 heavy (non-hydrogen) atoms. The van der Waals surface area contributed by atoms with Gasteiger partial charge in [0, 0.05) is 0 Å². The normalized spacial score (nSPS) is 18.5. The van der Waals surface area contributed by atoms with E-state index < -0.39 is 5.79 Å². The van der Waals surface area contributed by atoms with Crippen LogP contribution in [0.15, 0.2) is 36.6 Å². The van der Waals surface area contributed by atoms with E-state index in [4.69, 9.17) is 14.2 Å². The van der Waals surface area contributed by atoms with E-state index in [1.807, 2.05) is 33.8 Å². The first kappa shape index (κ1) is 22.2. The quantitative estimate of drug-likeness (QED) is 0.456. The highest BCUT2D eigenvalue weighted by Crippen LogP contribution is 2.30. The fourth-order valence-corrected chi connectivity index (χ4v) is 3.74. The molecule has 1 saturated heterocycles. The van der Waals surface area contributed by atoms with Crippen LogP contribution in [0.2, 0.25) is 0 Å². The molecular weight excluding hydrogens is 383 g/mol. The molecule has 2 aromatic rings. The van der Waals surface area contributed by atoms with Crippen molar-refractivity contribution in [2.45, 2.75) is 59.4 Å². The molecule has 0 amide bonds. The van der Waals surface area contributed by atoms with Crippen molar-refractivity contribution in [1.29, 1.82) is 0 Å². The molecule has 0 N–H and O–H groups in total. The van der Waals surface area contributed by atoms with Crippen molar-refractivity contribution in [3.63, 3.8) is 0 Å². The lowest BCUT2D eigenvalue weighted by molar-refractivity contribution is -0.273. The van der Waals surface area contributed by atoms with Gasteiger partial charge in [0.15, 0.2) is 5.79 Å². The number of halogens is 1. The largest absolute Gasteiger partial charge is 0.434 e. The number of ether oxygens (including phenoxy) is 3. The van der Waals surface area contributed by atoms with Gasteiger partial charge in [0.25, 0.3) is 0 Å². The van der Waals surface area contributed by atoms with Crippen molar-refractivity contribution in [2.24, 2.45) is 0 Å². The highest BCUT2D eigenvalue weighted by atomic mass is 19.1. The second-order valence-electron chi connectivity index (χ2n) is 8.28. The Kier molecular flexibility index (Phi) is 6.74. The van der Waals surface area contributed by atoms with Crippen LogP contribution in [-0.4, -0.2) is 24.5 Å². The summed E-state index contributed by atoms with van der Waals surface area (Å²) in [7, 11) is 0. The van der Waals surface area contributed by atoms with Gasteiger partial charge in [-0.2, -0.15) is 0 Å². The first-order valence-corrected chi connectivity index (χ1v) is 10.2. The van der Waals surface area contributed by atoms with E-state index in [9.17, 15) is 9.18 Å². The Bertz CT molecular complexity index is 962. The molecule has 0 aliphatic carbocycles. The molecular formula is C25H29FO4. The summed E-state index contributed by atoms with van der Waals surface area (Å²) in [6.45, 7) is 10.0. The molecule has 160 valence electrons. The van der Waals surface area contributed by atoms with Crippen LogP contribution in [0.4, 0.5) is 4.39 Å². The third-order valence-corrected chi connectivity index (χ3v) is 5.17. The lowest BCUT2D eigenvalue weighted by Crippen LogP contribution is -2.40. The molecule has 0 saturated carbocycles. The first-order valence-electron chi connectivity index (χ1n) is 10.2. The van der Waals surface area contributed by atoms with Gasteiger partial charge in [-0.05, 0) is 87.1 Å². The third kappa shape index (κ3) is 5.55. The Labute approximate surface area is 177 Å². The third-order valence-electron chi connectivity index (χ3n) is 5.17. The van der Waals surface area contributed by atoms with Crippen LogP contribution in [0, 0.1) is 26.6 Å². The Balaban J connectivity index is 1.75. The average molecular weight is 413 g/mol. The summed E-state index contributed by atoms with van der Waals surface area (Å²) in [6.07, 6.45) is 3.83. The van der Waals surface area contributed by atoms with Gasteiger partial charge >= 0.3 is 5.97 Å². The number of aryl methyl sites for hydroxylation is 3. The van der Waals surface area contributed by atoms with Gasteiger partial charge in [0.2, 0.25) is 0 Å². The van der Waals surface area contributed by atoms with E-state index in [0.717, 1.165) is 27.8 Å². The van der Waals surface area contributed by atoms with Gasteiger partial charge in [-0.3, -0.25) is 4.79 Å². The van der Waals surface area contributed by atoms with Gasteiger partial charge in [0.1, 0.15) is 5.82 Å². The molecule has 0 aromatic heterocycles. The van der Waals surface area contributed by atoms with Crippen molar-refractivity contribution in [2.75, 3.05) is 6.61 Å². The minimum absolute atomic E-state index is 0.175. The van der Waals surface area contributed by atoms with Gasteiger partial charge in [0.05, 0.1) is 25.4 Å². The second-order valence-corrected chi connectivity index (χ2v) is 8.28. The maximum atomic E-state index is 13.7. The highest BCUT2D eigenvalue weighted by molar-refractivity contribution is 5.79. The number of hydrogen-bond acceptors (Lipinski definition) is 4. The summed E-state index contributed by atoms with van der Waals surface area (Å²) >= 11 is 0. The van der Waals surface area contributed by atoms with Crippen LogP contribution in [-0.2, 0) is 19.0 Å². The summed E-state index contributed by atoms with van der Waals surface area (Å²) in [5, 5.41) is 0. The Morgan fingerprint density at radius 1 is 1.20 bits per heavy atom. The van der Waals surface area contributed by atoms with Crippen LogP contribution in [0.5, 0.6) is 0 Å². The van der Waals surface area contributed by atoms with Gasteiger partial charge in [-0.25, -0.2) is 4.39 Å². The van der Waals surface area contributed by atoms with Crippen LogP contribution in [0.3, 0.4) is 0 Å². The number of rotatable bonds is 5. The predicted molar refractivity (Wildman–Crippen MR) is 115 cm³/mol. The molecule has 1 aliphatic rings. The summed E-state index contributed by atoms with van der Waals surface area (Å²) in [5.41, 5.74) is 5.57. The van der Waals surface area contributed by atoms with E-state index in [1.54, 1.807) is 19.1 Å². The summed E-state index contributed by atoms with van der Waals surface area (Å²) in [6, 6.07) is 9.20. The van der Waals surface area contributed by atoms with Gasteiger partial charge in [-0.1, -0.05) is 23.8 Å². The highest BCUT2D eigenvalue weighted by Gasteiger charge is 2.30. The zero-order valence-electron chi connectivity index (χ0n) is 18.3. The topological polar surface area (TPSA) is 44.8 Å². The smallest absolute Gasteiger partial charge is 0.313 e. The number of carbonyl (C=O) groups is 1. The minimum Gasteiger partial charge on any atom is -0.434 e. The lowest BCUT2D eigenvalue weighted by Gasteiger charge is -2.35. The number of carbonyl (C=O) groups excluding carboxylic acids is 1. The maximum absolute atomic E-state index is 13.7. The van der Waals surface area contributed by atoms with Crippen LogP contribution in [0.25, 0.3) is 17.2 Å².